The first-order chi connectivity index (χ1) is 35.2. The summed E-state index contributed by atoms with van der Waals surface area (Å²) in [5.74, 6) is 0. The highest BCUT2D eigenvalue weighted by atomic mass is 16.3. The molecule has 0 saturated heterocycles. The maximum absolute atomic E-state index is 6.99. The summed E-state index contributed by atoms with van der Waals surface area (Å²) in [4.78, 5) is 7.48. The Balaban J connectivity index is 1.09. The number of para-hydroxylation sites is 3. The monoisotopic (exact) mass is 905 g/mol. The Morgan fingerprint density at radius 3 is 1.45 bits per heavy atom. The Morgan fingerprint density at radius 2 is 0.845 bits per heavy atom. The van der Waals surface area contributed by atoms with Crippen LogP contribution in [0.4, 0.5) is 45.5 Å². The third-order valence-electron chi connectivity index (χ3n) is 14.4. The average molecular weight is 906 g/mol. The molecule has 0 radical (unpaired) electrons. The minimum absolute atomic E-state index is 0.225. The van der Waals surface area contributed by atoms with E-state index in [1.54, 1.807) is 0 Å². The zero-order chi connectivity index (χ0) is 46.8. The fourth-order valence-electron chi connectivity index (χ4n) is 11.2. The van der Waals surface area contributed by atoms with E-state index in [-0.39, 0.29) is 6.85 Å². The van der Waals surface area contributed by atoms with Gasteiger partial charge in [-0.3, -0.25) is 0 Å². The van der Waals surface area contributed by atoms with Gasteiger partial charge in [0.05, 0.1) is 11.1 Å². The lowest BCUT2D eigenvalue weighted by atomic mass is 9.43. The number of hydrogen-bond donors (Lipinski definition) is 0. The minimum Gasteiger partial charge on any atom is -0.456 e. The standard InChI is InChI=1S/C66H44BN3O/c1-6-18-45(19-7-1)48-30-35-53(36-31-48)69-61-40-34-50(47-22-10-3-11-23-47)42-59(61)67-65-58(44-63-64(66(65)69)56-28-16-17-29-62(56)71-63)57-43-55(68(51-24-12-4-13-25-51)52-26-14-5-15-27-52)39-41-60(57)70(67)54-37-32-49(33-38-54)46-20-8-2-9-21-46/h1-44H. The van der Waals surface area contributed by atoms with E-state index in [9.17, 15) is 0 Å². The number of furan rings is 1. The van der Waals surface area contributed by atoms with Gasteiger partial charge in [-0.05, 0) is 135 Å². The van der Waals surface area contributed by atoms with E-state index in [1.807, 2.05) is 0 Å². The van der Waals surface area contributed by atoms with E-state index < -0.39 is 0 Å². The van der Waals surface area contributed by atoms with E-state index in [0.29, 0.717) is 0 Å². The molecule has 2 aliphatic rings. The summed E-state index contributed by atoms with van der Waals surface area (Å²) in [6.45, 7) is -0.225. The normalized spacial score (nSPS) is 12.4. The number of anilines is 8. The average Bonchev–Trinajstić information content (AvgIpc) is 3.83. The van der Waals surface area contributed by atoms with E-state index in [2.05, 4.69) is 282 Å². The highest BCUT2D eigenvalue weighted by molar-refractivity contribution is 6.94. The molecule has 0 unspecified atom stereocenters. The summed E-state index contributed by atoms with van der Waals surface area (Å²) in [5, 5.41) is 2.19. The van der Waals surface area contributed by atoms with Crippen LogP contribution in [-0.2, 0) is 0 Å². The lowest BCUT2D eigenvalue weighted by Gasteiger charge is -2.46. The molecule has 0 fully saturated rings. The fourth-order valence-corrected chi connectivity index (χ4v) is 11.2. The summed E-state index contributed by atoms with van der Waals surface area (Å²) in [7, 11) is 0. The first kappa shape index (κ1) is 40.7. The van der Waals surface area contributed by atoms with Crippen LogP contribution in [0.15, 0.2) is 271 Å². The van der Waals surface area contributed by atoms with Crippen LogP contribution in [0.1, 0.15) is 0 Å². The Bertz CT molecular complexity index is 3880. The molecule has 1 aromatic heterocycles. The van der Waals surface area contributed by atoms with Gasteiger partial charge in [-0.25, -0.2) is 0 Å². The van der Waals surface area contributed by atoms with Gasteiger partial charge in [0.25, 0.3) is 0 Å². The Hall–Kier alpha value is -9.32. The molecule has 0 saturated carbocycles. The predicted molar refractivity (Wildman–Crippen MR) is 298 cm³/mol. The van der Waals surface area contributed by atoms with E-state index in [0.717, 1.165) is 78.6 Å². The van der Waals surface area contributed by atoms with Crippen molar-refractivity contribution in [1.29, 1.82) is 0 Å². The van der Waals surface area contributed by atoms with Crippen LogP contribution >= 0.6 is 0 Å². The van der Waals surface area contributed by atoms with Crippen molar-refractivity contribution in [3.05, 3.63) is 267 Å². The number of hydrogen-bond acceptors (Lipinski definition) is 4. The number of nitrogens with zero attached hydrogens (tertiary/aromatic N) is 3. The first-order valence-corrected chi connectivity index (χ1v) is 24.4. The SMILES string of the molecule is c1ccc(-c2ccc(N3B4c5cc(-c6ccccc6)ccc5N(c5ccc(-c6ccccc6)cc5)c5c4c(cc4oc6ccccc6c54)-c4cc(N(c5ccccc5)c5ccccc5)ccc43)cc2)cc1. The molecule has 0 atom stereocenters. The van der Waals surface area contributed by atoms with Crippen LogP contribution in [0.5, 0.6) is 0 Å². The number of fused-ring (bicyclic) bond motifs is 8. The zero-order valence-corrected chi connectivity index (χ0v) is 38.7. The molecule has 12 aromatic rings. The molecular weight excluding hydrogens is 862 g/mol. The van der Waals surface area contributed by atoms with Gasteiger partial charge in [0.15, 0.2) is 0 Å². The van der Waals surface area contributed by atoms with Crippen LogP contribution in [0.25, 0.3) is 66.4 Å². The first-order valence-electron chi connectivity index (χ1n) is 24.4. The molecule has 0 aliphatic carbocycles. The van der Waals surface area contributed by atoms with Crippen LogP contribution in [0.3, 0.4) is 0 Å². The molecule has 0 amide bonds. The highest BCUT2D eigenvalue weighted by Crippen LogP contribution is 2.52. The number of rotatable bonds is 8. The molecule has 332 valence electrons. The summed E-state index contributed by atoms with van der Waals surface area (Å²) in [6.07, 6.45) is 0. The Morgan fingerprint density at radius 1 is 0.352 bits per heavy atom. The lowest BCUT2D eigenvalue weighted by Crippen LogP contribution is -2.61. The third kappa shape index (κ3) is 6.77. The summed E-state index contributed by atoms with van der Waals surface area (Å²) < 4.78 is 6.99. The maximum Gasteiger partial charge on any atom is 0.333 e. The third-order valence-corrected chi connectivity index (χ3v) is 14.4. The molecule has 71 heavy (non-hydrogen) atoms. The molecule has 14 rings (SSSR count). The van der Waals surface area contributed by atoms with Gasteiger partial charge in [0.1, 0.15) is 11.2 Å². The molecule has 0 N–H and O–H groups in total. The molecule has 0 bridgehead atoms. The van der Waals surface area contributed by atoms with Gasteiger partial charge in [-0.15, -0.1) is 0 Å². The largest absolute Gasteiger partial charge is 0.456 e. The van der Waals surface area contributed by atoms with Crippen molar-refractivity contribution in [3.63, 3.8) is 0 Å². The van der Waals surface area contributed by atoms with Crippen molar-refractivity contribution in [2.75, 3.05) is 14.6 Å². The second-order valence-electron chi connectivity index (χ2n) is 18.4. The van der Waals surface area contributed by atoms with Crippen LogP contribution in [-0.4, -0.2) is 6.85 Å². The highest BCUT2D eigenvalue weighted by Gasteiger charge is 2.47. The van der Waals surface area contributed by atoms with E-state index in [4.69, 9.17) is 4.42 Å². The molecular formula is C66H44BN3O. The van der Waals surface area contributed by atoms with Crippen molar-refractivity contribution in [3.8, 4) is 44.5 Å². The quantitative estimate of drug-likeness (QED) is 0.142. The zero-order valence-electron chi connectivity index (χ0n) is 38.7. The van der Waals surface area contributed by atoms with E-state index >= 15 is 0 Å². The molecule has 2 aliphatic heterocycles. The van der Waals surface area contributed by atoms with Crippen LogP contribution in [0, 0.1) is 0 Å². The van der Waals surface area contributed by atoms with Gasteiger partial charge in [0.2, 0.25) is 0 Å². The van der Waals surface area contributed by atoms with Crippen molar-refractivity contribution >= 4 is 85.2 Å². The fraction of sp³-hybridized carbons (Fsp3) is 0. The summed E-state index contributed by atoms with van der Waals surface area (Å²) >= 11 is 0. The molecule has 11 aromatic carbocycles. The predicted octanol–water partition coefficient (Wildman–Crippen LogP) is 16.8. The molecule has 4 nitrogen and oxygen atoms in total. The smallest absolute Gasteiger partial charge is 0.333 e. The van der Waals surface area contributed by atoms with Gasteiger partial charge >= 0.3 is 6.85 Å². The van der Waals surface area contributed by atoms with Crippen molar-refractivity contribution in [2.24, 2.45) is 0 Å². The van der Waals surface area contributed by atoms with Crippen LogP contribution in [0.2, 0.25) is 0 Å². The molecule has 5 heteroatoms. The van der Waals surface area contributed by atoms with Crippen molar-refractivity contribution < 1.29 is 4.42 Å². The molecule has 0 spiro atoms. The van der Waals surface area contributed by atoms with Gasteiger partial charge in [0, 0.05) is 50.8 Å². The number of benzene rings is 11. The second-order valence-corrected chi connectivity index (χ2v) is 18.4. The lowest BCUT2D eigenvalue weighted by molar-refractivity contribution is 0.669. The van der Waals surface area contributed by atoms with E-state index in [1.165, 1.54) is 44.3 Å². The van der Waals surface area contributed by atoms with Gasteiger partial charge < -0.3 is 19.0 Å². The van der Waals surface area contributed by atoms with Gasteiger partial charge in [-0.2, -0.15) is 0 Å². The summed E-state index contributed by atoms with van der Waals surface area (Å²) in [6, 6.07) is 96.7. The minimum atomic E-state index is -0.225. The summed E-state index contributed by atoms with van der Waals surface area (Å²) in [5.41, 5.74) is 22.3. The maximum atomic E-state index is 6.99. The van der Waals surface area contributed by atoms with Crippen LogP contribution < -0.4 is 25.5 Å². The Kier molecular flexibility index (Phi) is 9.59. The van der Waals surface area contributed by atoms with Gasteiger partial charge in [-0.1, -0.05) is 182 Å². The molecule has 3 heterocycles. The topological polar surface area (TPSA) is 22.9 Å². The second kappa shape index (κ2) is 16.7. The Labute approximate surface area is 413 Å². The van der Waals surface area contributed by atoms with Crippen molar-refractivity contribution in [1.82, 2.24) is 0 Å². The van der Waals surface area contributed by atoms with Crippen molar-refractivity contribution in [2.45, 2.75) is 0 Å².